The maximum absolute atomic E-state index is 11.8. The standard InChI is InChI=1S/C19H28N2O4/c1-18(2,3)25-17(24)20-14-19(16(22)23)9-11-21(12-10-19)13-15-7-5-4-6-8-15/h4-8H,9-14H2,1-3H3,(H,20,24)(H,22,23). The van der Waals surface area contributed by atoms with Gasteiger partial charge < -0.3 is 15.2 Å². The number of aliphatic carboxylic acids is 1. The summed E-state index contributed by atoms with van der Waals surface area (Å²) in [4.78, 5) is 25.9. The van der Waals surface area contributed by atoms with Crippen LogP contribution in [0.25, 0.3) is 0 Å². The van der Waals surface area contributed by atoms with Crippen molar-refractivity contribution >= 4 is 12.1 Å². The van der Waals surface area contributed by atoms with Gasteiger partial charge in [0, 0.05) is 13.1 Å². The predicted octanol–water partition coefficient (Wildman–Crippen LogP) is 2.88. The third-order valence-electron chi connectivity index (χ3n) is 4.49. The van der Waals surface area contributed by atoms with Crippen molar-refractivity contribution in [3.8, 4) is 0 Å². The zero-order valence-corrected chi connectivity index (χ0v) is 15.2. The Labute approximate surface area is 149 Å². The maximum Gasteiger partial charge on any atom is 0.407 e. The molecule has 0 atom stereocenters. The van der Waals surface area contributed by atoms with Crippen molar-refractivity contribution in [2.24, 2.45) is 5.41 Å². The monoisotopic (exact) mass is 348 g/mol. The molecule has 0 aromatic heterocycles. The first-order valence-electron chi connectivity index (χ1n) is 8.67. The Morgan fingerprint density at radius 2 is 1.80 bits per heavy atom. The van der Waals surface area contributed by atoms with E-state index in [1.807, 2.05) is 18.2 Å². The summed E-state index contributed by atoms with van der Waals surface area (Å²) in [5.74, 6) is -0.858. The van der Waals surface area contributed by atoms with Crippen molar-refractivity contribution in [3.63, 3.8) is 0 Å². The van der Waals surface area contributed by atoms with Crippen LogP contribution in [0, 0.1) is 5.41 Å². The fraction of sp³-hybridized carbons (Fsp3) is 0.579. The zero-order valence-electron chi connectivity index (χ0n) is 15.2. The van der Waals surface area contributed by atoms with Gasteiger partial charge in [-0.05, 0) is 52.3 Å². The van der Waals surface area contributed by atoms with E-state index in [0.717, 1.165) is 6.54 Å². The van der Waals surface area contributed by atoms with E-state index in [1.165, 1.54) is 5.56 Å². The summed E-state index contributed by atoms with van der Waals surface area (Å²) < 4.78 is 5.20. The second kappa shape index (κ2) is 7.87. The van der Waals surface area contributed by atoms with Gasteiger partial charge in [-0.25, -0.2) is 4.79 Å². The fourth-order valence-corrected chi connectivity index (χ4v) is 3.00. The number of nitrogens with zero attached hydrogens (tertiary/aromatic N) is 1. The van der Waals surface area contributed by atoms with Gasteiger partial charge in [-0.2, -0.15) is 0 Å². The number of carbonyl (C=O) groups is 2. The first-order chi connectivity index (χ1) is 11.7. The van der Waals surface area contributed by atoms with E-state index >= 15 is 0 Å². The van der Waals surface area contributed by atoms with Crippen molar-refractivity contribution in [1.29, 1.82) is 0 Å². The molecule has 2 rings (SSSR count). The normalized spacial score (nSPS) is 17.7. The topological polar surface area (TPSA) is 78.9 Å². The maximum atomic E-state index is 11.8. The molecule has 0 aliphatic carbocycles. The molecular weight excluding hydrogens is 320 g/mol. The SMILES string of the molecule is CC(C)(C)OC(=O)NCC1(C(=O)O)CCN(Cc2ccccc2)CC1. The van der Waals surface area contributed by atoms with Crippen LogP contribution in [0.4, 0.5) is 4.79 Å². The van der Waals surface area contributed by atoms with E-state index in [2.05, 4.69) is 22.3 Å². The molecule has 0 unspecified atom stereocenters. The van der Waals surface area contributed by atoms with E-state index in [-0.39, 0.29) is 6.54 Å². The Hall–Kier alpha value is -2.08. The molecule has 6 nitrogen and oxygen atoms in total. The molecule has 1 aromatic rings. The number of likely N-dealkylation sites (tertiary alicyclic amines) is 1. The molecule has 1 heterocycles. The molecule has 6 heteroatoms. The highest BCUT2D eigenvalue weighted by molar-refractivity contribution is 5.76. The van der Waals surface area contributed by atoms with Gasteiger partial charge in [0.1, 0.15) is 5.60 Å². The van der Waals surface area contributed by atoms with Crippen LogP contribution >= 0.6 is 0 Å². The van der Waals surface area contributed by atoms with Crippen molar-refractivity contribution in [2.45, 2.75) is 45.8 Å². The Bertz CT molecular complexity index is 587. The molecule has 1 saturated heterocycles. The largest absolute Gasteiger partial charge is 0.481 e. The molecule has 25 heavy (non-hydrogen) atoms. The molecule has 138 valence electrons. The molecule has 1 amide bonds. The number of hydrogen-bond acceptors (Lipinski definition) is 4. The number of amides is 1. The summed E-state index contributed by atoms with van der Waals surface area (Å²) in [6.45, 7) is 7.63. The van der Waals surface area contributed by atoms with Crippen LogP contribution in [0.5, 0.6) is 0 Å². The highest BCUT2D eigenvalue weighted by Gasteiger charge is 2.42. The minimum absolute atomic E-state index is 0.0937. The Balaban J connectivity index is 1.89. The third kappa shape index (κ3) is 5.74. The first-order valence-corrected chi connectivity index (χ1v) is 8.67. The minimum Gasteiger partial charge on any atom is -0.481 e. The number of carboxylic acid groups (broad SMARTS) is 1. The van der Waals surface area contributed by atoms with Gasteiger partial charge in [-0.1, -0.05) is 30.3 Å². The van der Waals surface area contributed by atoms with Gasteiger partial charge in [0.2, 0.25) is 0 Å². The second-order valence-electron chi connectivity index (χ2n) is 7.70. The number of hydrogen-bond donors (Lipinski definition) is 2. The van der Waals surface area contributed by atoms with Crippen molar-refractivity contribution in [3.05, 3.63) is 35.9 Å². The molecule has 2 N–H and O–H groups in total. The molecule has 0 saturated carbocycles. The van der Waals surface area contributed by atoms with Gasteiger partial charge in [0.25, 0.3) is 0 Å². The van der Waals surface area contributed by atoms with Gasteiger partial charge in [-0.3, -0.25) is 9.69 Å². The lowest BCUT2D eigenvalue weighted by Crippen LogP contribution is -2.50. The second-order valence-corrected chi connectivity index (χ2v) is 7.70. The lowest BCUT2D eigenvalue weighted by molar-refractivity contribution is -0.151. The smallest absolute Gasteiger partial charge is 0.407 e. The predicted molar refractivity (Wildman–Crippen MR) is 95.3 cm³/mol. The van der Waals surface area contributed by atoms with Crippen LogP contribution in [0.1, 0.15) is 39.2 Å². The van der Waals surface area contributed by atoms with Crippen LogP contribution in [-0.4, -0.2) is 47.3 Å². The molecule has 0 bridgehead atoms. The summed E-state index contributed by atoms with van der Waals surface area (Å²) in [5, 5.41) is 12.3. The summed E-state index contributed by atoms with van der Waals surface area (Å²) in [6.07, 6.45) is 0.440. The van der Waals surface area contributed by atoms with Gasteiger partial charge in [-0.15, -0.1) is 0 Å². The highest BCUT2D eigenvalue weighted by atomic mass is 16.6. The molecule has 0 spiro atoms. The van der Waals surface area contributed by atoms with E-state index in [1.54, 1.807) is 20.8 Å². The van der Waals surface area contributed by atoms with Gasteiger partial charge >= 0.3 is 12.1 Å². The number of benzene rings is 1. The molecule has 1 fully saturated rings. The van der Waals surface area contributed by atoms with Crippen LogP contribution in [0.15, 0.2) is 30.3 Å². The number of carboxylic acids is 1. The summed E-state index contributed by atoms with van der Waals surface area (Å²) in [7, 11) is 0. The Morgan fingerprint density at radius 3 is 2.32 bits per heavy atom. The number of nitrogens with one attached hydrogen (secondary N) is 1. The number of carbonyl (C=O) groups excluding carboxylic acids is 1. The van der Waals surface area contributed by atoms with Crippen molar-refractivity contribution in [2.75, 3.05) is 19.6 Å². The molecule has 0 radical (unpaired) electrons. The van der Waals surface area contributed by atoms with E-state index in [4.69, 9.17) is 4.74 Å². The third-order valence-corrected chi connectivity index (χ3v) is 4.49. The van der Waals surface area contributed by atoms with Crippen LogP contribution < -0.4 is 5.32 Å². The highest BCUT2D eigenvalue weighted by Crippen LogP contribution is 2.32. The van der Waals surface area contributed by atoms with Crippen LogP contribution in [0.2, 0.25) is 0 Å². The number of piperidine rings is 1. The zero-order chi connectivity index (χ0) is 18.5. The fourth-order valence-electron chi connectivity index (χ4n) is 3.00. The van der Waals surface area contributed by atoms with Crippen LogP contribution in [-0.2, 0) is 16.1 Å². The Morgan fingerprint density at radius 1 is 1.20 bits per heavy atom. The summed E-state index contributed by atoms with van der Waals surface area (Å²) in [6, 6.07) is 10.1. The van der Waals surface area contributed by atoms with Crippen molar-refractivity contribution in [1.82, 2.24) is 10.2 Å². The number of ether oxygens (including phenoxy) is 1. The average Bonchev–Trinajstić information content (AvgIpc) is 2.53. The quantitative estimate of drug-likeness (QED) is 0.855. The van der Waals surface area contributed by atoms with E-state index < -0.39 is 23.1 Å². The lowest BCUT2D eigenvalue weighted by atomic mass is 9.78. The number of rotatable bonds is 5. The lowest BCUT2D eigenvalue weighted by Gasteiger charge is -2.39. The average molecular weight is 348 g/mol. The molecule has 1 aliphatic rings. The van der Waals surface area contributed by atoms with Gasteiger partial charge in [0.05, 0.1) is 5.41 Å². The molecule has 1 aromatic carbocycles. The molecule has 1 aliphatic heterocycles. The minimum atomic E-state index is -0.926. The first kappa shape index (κ1) is 19.2. The number of alkyl carbamates (subject to hydrolysis) is 1. The van der Waals surface area contributed by atoms with Crippen LogP contribution in [0.3, 0.4) is 0 Å². The summed E-state index contributed by atoms with van der Waals surface area (Å²) in [5.41, 5.74) is -0.305. The molecular formula is C19H28N2O4. The van der Waals surface area contributed by atoms with E-state index in [9.17, 15) is 14.7 Å². The Kier molecular flexibility index (Phi) is 6.06. The van der Waals surface area contributed by atoms with Crippen molar-refractivity contribution < 1.29 is 19.4 Å². The van der Waals surface area contributed by atoms with Gasteiger partial charge in [0.15, 0.2) is 0 Å². The van der Waals surface area contributed by atoms with E-state index in [0.29, 0.717) is 25.9 Å². The summed E-state index contributed by atoms with van der Waals surface area (Å²) >= 11 is 0.